The highest BCUT2D eigenvalue weighted by Gasteiger charge is 2.25. The first-order chi connectivity index (χ1) is 12.8. The topological polar surface area (TPSA) is 95.6 Å². The highest BCUT2D eigenvalue weighted by Crippen LogP contribution is 2.25. The molecule has 0 aliphatic carbocycles. The van der Waals surface area contributed by atoms with Crippen molar-refractivity contribution in [1.82, 2.24) is 15.2 Å². The molecule has 0 bridgehead atoms. The van der Waals surface area contributed by atoms with Gasteiger partial charge in [-0.1, -0.05) is 43.6 Å². The van der Waals surface area contributed by atoms with E-state index in [1.165, 1.54) is 22.5 Å². The maximum atomic E-state index is 12.7. The zero-order chi connectivity index (χ0) is 20.0. The minimum absolute atomic E-state index is 0.0202. The lowest BCUT2D eigenvalue weighted by atomic mass is 10.2. The molecule has 0 spiro atoms. The van der Waals surface area contributed by atoms with E-state index in [2.05, 4.69) is 10.9 Å². The molecule has 144 valence electrons. The Labute approximate surface area is 163 Å². The summed E-state index contributed by atoms with van der Waals surface area (Å²) in [4.78, 5) is 24.1. The molecule has 0 saturated carbocycles. The largest absolute Gasteiger partial charge is 0.269 e. The van der Waals surface area contributed by atoms with Gasteiger partial charge in [0.1, 0.15) is 4.90 Å². The van der Waals surface area contributed by atoms with Gasteiger partial charge in [-0.05, 0) is 30.3 Å². The molecular weight excluding hydrogens is 390 g/mol. The first-order valence-corrected chi connectivity index (χ1v) is 10.1. The molecule has 7 nitrogen and oxygen atoms in total. The van der Waals surface area contributed by atoms with Gasteiger partial charge in [0.2, 0.25) is 10.0 Å². The maximum absolute atomic E-state index is 12.7. The van der Waals surface area contributed by atoms with E-state index in [-0.39, 0.29) is 28.6 Å². The maximum Gasteiger partial charge on any atom is 0.269 e. The van der Waals surface area contributed by atoms with E-state index < -0.39 is 21.8 Å². The van der Waals surface area contributed by atoms with Crippen molar-refractivity contribution in [3.05, 3.63) is 64.7 Å². The first kappa shape index (κ1) is 20.9. The average molecular weight is 410 g/mol. The Morgan fingerprint density at radius 2 is 1.48 bits per heavy atom. The molecule has 0 atom stereocenters. The van der Waals surface area contributed by atoms with E-state index in [1.807, 2.05) is 0 Å². The molecule has 2 N–H and O–H groups in total. The number of carbonyl (C=O) groups is 2. The third-order valence-corrected chi connectivity index (χ3v) is 6.37. The molecule has 0 saturated heterocycles. The number of amides is 2. The van der Waals surface area contributed by atoms with Gasteiger partial charge >= 0.3 is 0 Å². The number of rotatable bonds is 6. The molecule has 0 aliphatic heterocycles. The van der Waals surface area contributed by atoms with E-state index >= 15 is 0 Å². The van der Waals surface area contributed by atoms with Gasteiger partial charge in [-0.25, -0.2) is 8.42 Å². The summed E-state index contributed by atoms with van der Waals surface area (Å²) in [6.45, 7) is 3.98. The second-order valence-electron chi connectivity index (χ2n) is 5.51. The van der Waals surface area contributed by atoms with Crippen molar-refractivity contribution in [2.45, 2.75) is 18.7 Å². The van der Waals surface area contributed by atoms with Crippen LogP contribution in [0.15, 0.2) is 53.4 Å². The predicted molar refractivity (Wildman–Crippen MR) is 103 cm³/mol. The molecule has 27 heavy (non-hydrogen) atoms. The van der Waals surface area contributed by atoms with E-state index in [0.717, 1.165) is 0 Å². The Kier molecular flexibility index (Phi) is 6.95. The predicted octanol–water partition coefficient (Wildman–Crippen LogP) is 2.45. The van der Waals surface area contributed by atoms with Crippen molar-refractivity contribution in [3.8, 4) is 0 Å². The van der Waals surface area contributed by atoms with Gasteiger partial charge in [0.05, 0.1) is 5.02 Å². The van der Waals surface area contributed by atoms with Gasteiger partial charge in [0, 0.05) is 24.2 Å². The number of hydrogen-bond acceptors (Lipinski definition) is 4. The third-order valence-electron chi connectivity index (χ3n) is 3.84. The molecule has 0 unspecified atom stereocenters. The van der Waals surface area contributed by atoms with Crippen molar-refractivity contribution in [2.24, 2.45) is 0 Å². The number of nitrogens with one attached hydrogen (secondary N) is 2. The zero-order valence-corrected chi connectivity index (χ0v) is 16.5. The van der Waals surface area contributed by atoms with Crippen molar-refractivity contribution in [1.29, 1.82) is 0 Å². The Bertz CT molecular complexity index is 929. The van der Waals surface area contributed by atoms with Gasteiger partial charge in [-0.3, -0.25) is 20.4 Å². The summed E-state index contributed by atoms with van der Waals surface area (Å²) in [6, 6.07) is 12.3. The van der Waals surface area contributed by atoms with E-state index in [1.54, 1.807) is 44.2 Å². The number of hydrogen-bond donors (Lipinski definition) is 2. The standard InChI is InChI=1S/C18H20ClN3O4S/c1-3-22(4-2)27(25,26)16-12-14(10-11-15(16)19)18(24)21-20-17(23)13-8-6-5-7-9-13/h5-12H,3-4H2,1-2H3,(H,20,23)(H,21,24). The lowest BCUT2D eigenvalue weighted by Crippen LogP contribution is -2.41. The normalized spacial score (nSPS) is 11.3. The zero-order valence-electron chi connectivity index (χ0n) is 14.9. The van der Waals surface area contributed by atoms with Crippen molar-refractivity contribution in [2.75, 3.05) is 13.1 Å². The van der Waals surface area contributed by atoms with E-state index in [0.29, 0.717) is 5.56 Å². The molecule has 0 aliphatic rings. The minimum atomic E-state index is -3.83. The summed E-state index contributed by atoms with van der Waals surface area (Å²) in [5.74, 6) is -1.15. The monoisotopic (exact) mass is 409 g/mol. The molecule has 2 amide bonds. The van der Waals surface area contributed by atoms with Crippen LogP contribution in [0.25, 0.3) is 0 Å². The van der Waals surface area contributed by atoms with Gasteiger partial charge in [-0.2, -0.15) is 4.31 Å². The molecule has 2 rings (SSSR count). The Balaban J connectivity index is 2.19. The van der Waals surface area contributed by atoms with E-state index in [4.69, 9.17) is 11.6 Å². The number of hydrazine groups is 1. The lowest BCUT2D eigenvalue weighted by Gasteiger charge is -2.19. The molecule has 2 aromatic carbocycles. The fraction of sp³-hybridized carbons (Fsp3) is 0.222. The lowest BCUT2D eigenvalue weighted by molar-refractivity contribution is 0.0846. The van der Waals surface area contributed by atoms with Crippen LogP contribution in [0.4, 0.5) is 0 Å². The second kappa shape index (κ2) is 8.98. The van der Waals surface area contributed by atoms with Crippen LogP contribution in [-0.2, 0) is 10.0 Å². The fourth-order valence-electron chi connectivity index (χ4n) is 2.39. The molecule has 0 aromatic heterocycles. The summed E-state index contributed by atoms with van der Waals surface area (Å²) in [5.41, 5.74) is 4.97. The number of carbonyl (C=O) groups excluding carboxylic acids is 2. The van der Waals surface area contributed by atoms with Gasteiger partial charge in [0.25, 0.3) is 11.8 Å². The highest BCUT2D eigenvalue weighted by atomic mass is 35.5. The Hall–Kier alpha value is -2.42. The Morgan fingerprint density at radius 1 is 0.926 bits per heavy atom. The van der Waals surface area contributed by atoms with Crippen molar-refractivity contribution < 1.29 is 18.0 Å². The quantitative estimate of drug-likeness (QED) is 0.716. The van der Waals surface area contributed by atoms with Crippen LogP contribution in [0.5, 0.6) is 0 Å². The summed E-state index contributed by atoms with van der Waals surface area (Å²) >= 11 is 6.04. The number of benzene rings is 2. The minimum Gasteiger partial charge on any atom is -0.267 e. The molecule has 0 radical (unpaired) electrons. The number of halogens is 1. The molecular formula is C18H20ClN3O4S. The van der Waals surface area contributed by atoms with Crippen LogP contribution >= 0.6 is 11.6 Å². The van der Waals surface area contributed by atoms with Gasteiger partial charge in [0.15, 0.2) is 0 Å². The van der Waals surface area contributed by atoms with Crippen LogP contribution in [0.1, 0.15) is 34.6 Å². The molecule has 9 heteroatoms. The van der Waals surface area contributed by atoms with Crippen LogP contribution < -0.4 is 10.9 Å². The van der Waals surface area contributed by atoms with E-state index in [9.17, 15) is 18.0 Å². The summed E-state index contributed by atoms with van der Waals surface area (Å²) in [6.07, 6.45) is 0. The van der Waals surface area contributed by atoms with Crippen molar-refractivity contribution in [3.63, 3.8) is 0 Å². The highest BCUT2D eigenvalue weighted by molar-refractivity contribution is 7.89. The average Bonchev–Trinajstić information content (AvgIpc) is 2.67. The SMILES string of the molecule is CCN(CC)S(=O)(=O)c1cc(C(=O)NNC(=O)c2ccccc2)ccc1Cl. The first-order valence-electron chi connectivity index (χ1n) is 8.26. The number of nitrogens with zero attached hydrogens (tertiary/aromatic N) is 1. The molecule has 2 aromatic rings. The number of sulfonamides is 1. The van der Waals surface area contributed by atoms with Crippen LogP contribution in [0.2, 0.25) is 5.02 Å². The fourth-order valence-corrected chi connectivity index (χ4v) is 4.35. The second-order valence-corrected chi connectivity index (χ2v) is 7.82. The Morgan fingerprint density at radius 3 is 2.04 bits per heavy atom. The third kappa shape index (κ3) is 4.85. The molecule has 0 heterocycles. The van der Waals surface area contributed by atoms with Crippen LogP contribution in [0, 0.1) is 0 Å². The molecule has 0 fully saturated rings. The summed E-state index contributed by atoms with van der Waals surface area (Å²) in [7, 11) is -3.83. The summed E-state index contributed by atoms with van der Waals surface area (Å²) in [5, 5.41) is 0.0202. The van der Waals surface area contributed by atoms with Crippen LogP contribution in [0.3, 0.4) is 0 Å². The van der Waals surface area contributed by atoms with Crippen molar-refractivity contribution >= 4 is 33.4 Å². The smallest absolute Gasteiger partial charge is 0.267 e. The summed E-state index contributed by atoms with van der Waals surface area (Å²) < 4.78 is 26.6. The van der Waals surface area contributed by atoms with Crippen LogP contribution in [-0.4, -0.2) is 37.6 Å². The van der Waals surface area contributed by atoms with Gasteiger partial charge < -0.3 is 0 Å². The van der Waals surface area contributed by atoms with Gasteiger partial charge in [-0.15, -0.1) is 0 Å².